The quantitative estimate of drug-likeness (QED) is 0.0704. The molecule has 6 N–H and O–H groups in total. The van der Waals surface area contributed by atoms with Crippen LogP contribution in [0.15, 0.2) is 129 Å². The number of phenolic OH excluding ortho intramolecular Hbond substituents is 1. The van der Waals surface area contributed by atoms with Gasteiger partial charge >= 0.3 is 17.9 Å². The van der Waals surface area contributed by atoms with Gasteiger partial charge in [0.05, 0.1) is 35.3 Å². The molecule has 1 aliphatic carbocycles. The molecule has 6 aromatic rings. The number of hydrogen-bond acceptors (Lipinski definition) is 11. The van der Waals surface area contributed by atoms with Gasteiger partial charge in [0.1, 0.15) is 34.4 Å². The molecule has 338 valence electrons. The summed E-state index contributed by atoms with van der Waals surface area (Å²) >= 11 is 0. The van der Waals surface area contributed by atoms with Gasteiger partial charge in [-0.1, -0.05) is 30.8 Å². The molecule has 3 aliphatic rings. The van der Waals surface area contributed by atoms with Gasteiger partial charge in [0.25, 0.3) is 11.8 Å². The summed E-state index contributed by atoms with van der Waals surface area (Å²) in [7, 11) is 3.79. The molecule has 0 unspecified atom stereocenters. The van der Waals surface area contributed by atoms with Gasteiger partial charge in [-0.3, -0.25) is 14.4 Å². The number of phenols is 1. The van der Waals surface area contributed by atoms with Crippen molar-refractivity contribution < 1.29 is 58.0 Å². The zero-order valence-electron chi connectivity index (χ0n) is 36.0. The molecule has 0 saturated heterocycles. The number of carbonyl (C=O) groups excluding carboxylic acids is 2. The number of fused-ring (bicyclic) bond motifs is 4. The van der Waals surface area contributed by atoms with Gasteiger partial charge in [0.2, 0.25) is 0 Å². The molecule has 3 heterocycles. The summed E-state index contributed by atoms with van der Waals surface area (Å²) in [5.41, 5.74) is 2.21. The van der Waals surface area contributed by atoms with Crippen molar-refractivity contribution in [1.29, 1.82) is 0 Å². The minimum absolute atomic E-state index is 0.00574. The number of nitrogens with one attached hydrogen (secondary N) is 2. The summed E-state index contributed by atoms with van der Waals surface area (Å²) in [5.74, 6) is -4.56. The number of aromatic hydroxyl groups is 1. The first-order valence-corrected chi connectivity index (χ1v) is 20.7. The molecule has 9 rings (SSSR count). The molecular weight excluding hydrogens is 875 g/mol. The summed E-state index contributed by atoms with van der Waals surface area (Å²) in [4.78, 5) is 78.3. The second-order valence-electron chi connectivity index (χ2n) is 16.0. The van der Waals surface area contributed by atoms with Crippen LogP contribution in [0.3, 0.4) is 0 Å². The molecule has 0 saturated carbocycles. The summed E-state index contributed by atoms with van der Waals surface area (Å²) in [6.45, 7) is 3.49. The van der Waals surface area contributed by atoms with Gasteiger partial charge in [0.15, 0.2) is 11.2 Å². The number of carboxylic acids is 3. The monoisotopic (exact) mass is 911 g/mol. The van der Waals surface area contributed by atoms with Crippen molar-refractivity contribution in [2.75, 3.05) is 19.0 Å². The van der Waals surface area contributed by atoms with E-state index in [1.54, 1.807) is 18.2 Å². The Hall–Kier alpha value is -9.44. The van der Waals surface area contributed by atoms with Gasteiger partial charge in [-0.15, -0.1) is 0 Å². The first-order chi connectivity index (χ1) is 32.6. The zero-order chi connectivity index (χ0) is 48.1. The Kier molecular flexibility index (Phi) is 11.1. The van der Waals surface area contributed by atoms with Crippen LogP contribution in [0.5, 0.6) is 17.2 Å². The van der Waals surface area contributed by atoms with Crippen LogP contribution >= 0.6 is 0 Å². The van der Waals surface area contributed by atoms with Crippen LogP contribution < -0.4 is 36.1 Å². The fraction of sp³-hybridized carbons (Fsp3) is 0.0769. The smallest absolute Gasteiger partial charge is 0.336 e. The summed E-state index contributed by atoms with van der Waals surface area (Å²) in [6.07, 6.45) is 0. The maximum atomic E-state index is 13.5. The second kappa shape index (κ2) is 17.2. The largest absolute Gasteiger partial charge is 0.507 e. The average molecular weight is 912 g/mol. The van der Waals surface area contributed by atoms with Crippen LogP contribution in [0.1, 0.15) is 74.4 Å². The van der Waals surface area contributed by atoms with Gasteiger partial charge in [-0.25, -0.2) is 14.4 Å². The molecule has 5 aromatic carbocycles. The highest BCUT2D eigenvalue weighted by Crippen LogP contribution is 2.44. The normalized spacial score (nSPS) is 11.6. The van der Waals surface area contributed by atoms with Crippen LogP contribution in [-0.4, -0.2) is 64.2 Å². The Balaban J connectivity index is 0.954. The minimum atomic E-state index is -1.41. The van der Waals surface area contributed by atoms with Gasteiger partial charge in [-0.05, 0) is 95.2 Å². The third-order valence-electron chi connectivity index (χ3n) is 11.5. The molecule has 0 radical (unpaired) electrons. The Morgan fingerprint density at radius 2 is 1.32 bits per heavy atom. The number of aromatic carboxylic acids is 3. The van der Waals surface area contributed by atoms with Gasteiger partial charge in [0, 0.05) is 70.3 Å². The van der Waals surface area contributed by atoms with Crippen molar-refractivity contribution in [2.45, 2.75) is 13.1 Å². The van der Waals surface area contributed by atoms with Crippen molar-refractivity contribution >= 4 is 58.5 Å². The van der Waals surface area contributed by atoms with E-state index in [9.17, 15) is 49.2 Å². The molecule has 16 nitrogen and oxygen atoms in total. The second-order valence-corrected chi connectivity index (χ2v) is 16.0. The molecule has 0 spiro atoms. The van der Waals surface area contributed by atoms with Gasteiger partial charge in [-0.2, -0.15) is 0 Å². The Morgan fingerprint density at radius 1 is 0.632 bits per heavy atom. The predicted octanol–water partition coefficient (Wildman–Crippen LogP) is 6.65. The number of ether oxygens (including phenoxy) is 1. The fourth-order valence-corrected chi connectivity index (χ4v) is 8.21. The highest BCUT2D eigenvalue weighted by atomic mass is 16.5. The lowest BCUT2D eigenvalue weighted by molar-refractivity contribution is 0.0682. The SMILES string of the molecule is C=c1ccc2c(c1)Oc1cc(N(C)C)ccc1C=2c1ccc(C(=O)NCc2ccc(C(=O)NCc3c(O)ccc4c(-c5ccc(C(=O)O)cc5C(=O)O)c5ccc(=O)cc-5oc34)o2)cc1C(=O)O. The summed E-state index contributed by atoms with van der Waals surface area (Å²) in [6, 6.07) is 28.6. The maximum Gasteiger partial charge on any atom is 0.336 e. The van der Waals surface area contributed by atoms with E-state index in [1.807, 2.05) is 43.3 Å². The van der Waals surface area contributed by atoms with Crippen LogP contribution in [0.2, 0.25) is 0 Å². The maximum absolute atomic E-state index is 13.5. The number of anilines is 1. The molecule has 2 aliphatic heterocycles. The van der Waals surface area contributed by atoms with E-state index >= 15 is 0 Å². The number of hydrogen-bond donors (Lipinski definition) is 6. The standard InChI is InChI=1S/C52H37N3O13/c1-25-4-10-33-42(18-25)67-43-21-28(55(2)3)7-13-34(43)45(33)31-11-5-26(19-37(31)51(62)63)48(58)53-23-30-9-17-41(66-30)49(59)54-24-39-40(57)16-15-36-46(35-14-8-29(56)22-44(35)68-47(36)39)32-12-6-27(50(60)61)20-38(32)52(64)65/h4-22,57H,1,23-24H2,2-3H3,(H,53,58)(H,54,59)(H,60,61)(H,62,63)(H,64,65). The van der Waals surface area contributed by atoms with E-state index in [0.717, 1.165) is 11.8 Å². The lowest BCUT2D eigenvalue weighted by atomic mass is 9.88. The van der Waals surface area contributed by atoms with E-state index in [0.29, 0.717) is 44.2 Å². The molecule has 2 amide bonds. The topological polar surface area (TPSA) is 246 Å². The van der Waals surface area contributed by atoms with E-state index < -0.39 is 35.2 Å². The van der Waals surface area contributed by atoms with Crippen molar-refractivity contribution in [3.8, 4) is 39.7 Å². The molecule has 68 heavy (non-hydrogen) atoms. The zero-order valence-corrected chi connectivity index (χ0v) is 36.0. The summed E-state index contributed by atoms with van der Waals surface area (Å²) in [5, 5.41) is 48.2. The first-order valence-electron chi connectivity index (χ1n) is 20.7. The summed E-state index contributed by atoms with van der Waals surface area (Å²) < 4.78 is 18.2. The minimum Gasteiger partial charge on any atom is -0.507 e. The Bertz CT molecular complexity index is 3620. The third kappa shape index (κ3) is 8.02. The number of carboxylic acid groups (broad SMARTS) is 3. The lowest BCUT2D eigenvalue weighted by Gasteiger charge is -2.24. The lowest BCUT2D eigenvalue weighted by Crippen LogP contribution is -2.24. The van der Waals surface area contributed by atoms with Crippen molar-refractivity contribution in [1.82, 2.24) is 10.6 Å². The number of furan rings is 1. The number of benzene rings is 6. The highest BCUT2D eigenvalue weighted by molar-refractivity contribution is 6.09. The number of amides is 2. The molecular formula is C52H37N3O13. The molecule has 0 atom stereocenters. The van der Waals surface area contributed by atoms with Crippen LogP contribution in [0, 0.1) is 0 Å². The van der Waals surface area contributed by atoms with E-state index in [1.165, 1.54) is 66.7 Å². The Morgan fingerprint density at radius 3 is 2.07 bits per heavy atom. The van der Waals surface area contributed by atoms with E-state index in [4.69, 9.17) is 13.6 Å². The molecule has 0 fully saturated rings. The highest BCUT2D eigenvalue weighted by Gasteiger charge is 2.28. The van der Waals surface area contributed by atoms with Crippen LogP contribution in [-0.2, 0) is 13.1 Å². The fourth-order valence-electron chi connectivity index (χ4n) is 8.21. The average Bonchev–Trinajstić information content (AvgIpc) is 3.80. The van der Waals surface area contributed by atoms with Gasteiger partial charge < -0.3 is 49.5 Å². The predicted molar refractivity (Wildman–Crippen MR) is 248 cm³/mol. The molecule has 0 bridgehead atoms. The number of carbonyl (C=O) groups is 5. The molecule has 1 aromatic heterocycles. The van der Waals surface area contributed by atoms with Crippen LogP contribution in [0.25, 0.3) is 45.6 Å². The molecule has 16 heteroatoms. The number of nitrogens with zero attached hydrogens (tertiary/aromatic N) is 1. The van der Waals surface area contributed by atoms with Crippen molar-refractivity contribution in [2.24, 2.45) is 0 Å². The van der Waals surface area contributed by atoms with Crippen molar-refractivity contribution in [3.05, 3.63) is 186 Å². The van der Waals surface area contributed by atoms with E-state index in [-0.39, 0.29) is 86.0 Å². The van der Waals surface area contributed by atoms with Crippen LogP contribution in [0.4, 0.5) is 5.69 Å². The number of rotatable bonds is 12. The third-order valence-corrected chi connectivity index (χ3v) is 11.5. The van der Waals surface area contributed by atoms with Crippen molar-refractivity contribution in [3.63, 3.8) is 0 Å². The Labute approximate surface area is 384 Å². The first kappa shape index (κ1) is 43.8. The van der Waals surface area contributed by atoms with E-state index in [2.05, 4.69) is 17.2 Å².